The van der Waals surface area contributed by atoms with Gasteiger partial charge in [-0.25, -0.2) is 0 Å². The molecule has 1 saturated heterocycles. The summed E-state index contributed by atoms with van der Waals surface area (Å²) >= 11 is 0. The van der Waals surface area contributed by atoms with Crippen LogP contribution in [0.1, 0.15) is 49.9 Å². The van der Waals surface area contributed by atoms with Gasteiger partial charge in [0.05, 0.1) is 6.10 Å². The van der Waals surface area contributed by atoms with Crippen molar-refractivity contribution in [2.45, 2.75) is 51.2 Å². The molecule has 1 fully saturated rings. The van der Waals surface area contributed by atoms with Gasteiger partial charge < -0.3 is 14.6 Å². The molecule has 5 nitrogen and oxygen atoms in total. The molecule has 1 aliphatic heterocycles. The molecule has 2 heterocycles. The van der Waals surface area contributed by atoms with Crippen LogP contribution in [0.15, 0.2) is 16.7 Å². The molecular weight excluding hydrogens is 254 g/mol. The zero-order valence-electron chi connectivity index (χ0n) is 12.0. The van der Waals surface area contributed by atoms with Gasteiger partial charge in [0.15, 0.2) is 5.82 Å². The van der Waals surface area contributed by atoms with E-state index in [0.717, 1.165) is 31.8 Å². The van der Waals surface area contributed by atoms with Crippen molar-refractivity contribution in [3.05, 3.63) is 23.9 Å². The Morgan fingerprint density at radius 1 is 1.25 bits per heavy atom. The quantitative estimate of drug-likeness (QED) is 0.838. The van der Waals surface area contributed by atoms with Gasteiger partial charge in [0.2, 0.25) is 0 Å². The summed E-state index contributed by atoms with van der Waals surface area (Å²) in [4.78, 5) is 4.25. The monoisotopic (exact) mass is 277 g/mol. The Kier molecular flexibility index (Phi) is 4.47. The van der Waals surface area contributed by atoms with Crippen LogP contribution in [0, 0.1) is 12.8 Å². The van der Waals surface area contributed by atoms with Gasteiger partial charge in [0.25, 0.3) is 5.89 Å². The number of nitrogens with one attached hydrogen (secondary N) is 1. The van der Waals surface area contributed by atoms with E-state index in [1.54, 1.807) is 0 Å². The molecule has 5 heteroatoms. The van der Waals surface area contributed by atoms with Gasteiger partial charge in [-0.05, 0) is 51.5 Å². The second kappa shape index (κ2) is 6.50. The van der Waals surface area contributed by atoms with Crippen LogP contribution in [0.25, 0.3) is 0 Å². The molecule has 3 atom stereocenters. The van der Waals surface area contributed by atoms with Crippen molar-refractivity contribution in [3.63, 3.8) is 0 Å². The molecule has 0 amide bonds. The molecule has 110 valence electrons. The lowest BCUT2D eigenvalue weighted by atomic mass is 9.94. The van der Waals surface area contributed by atoms with Crippen molar-refractivity contribution in [1.29, 1.82) is 0 Å². The van der Waals surface area contributed by atoms with Crippen molar-refractivity contribution in [1.82, 2.24) is 15.5 Å². The van der Waals surface area contributed by atoms with Crippen LogP contribution in [-0.2, 0) is 4.74 Å². The average Bonchev–Trinajstić information content (AvgIpc) is 3.09. The third-order valence-corrected chi connectivity index (χ3v) is 4.11. The maximum absolute atomic E-state index is 5.98. The van der Waals surface area contributed by atoms with Crippen LogP contribution in [0.3, 0.4) is 0 Å². The highest BCUT2D eigenvalue weighted by atomic mass is 16.5. The highest BCUT2D eigenvalue weighted by Gasteiger charge is 2.30. The minimum atomic E-state index is -0.0133. The number of aryl methyl sites for hydroxylation is 1. The molecule has 3 rings (SSSR count). The molecule has 0 bridgehead atoms. The van der Waals surface area contributed by atoms with Crippen molar-refractivity contribution in [2.75, 3.05) is 13.1 Å². The van der Waals surface area contributed by atoms with Crippen molar-refractivity contribution < 1.29 is 9.26 Å². The summed E-state index contributed by atoms with van der Waals surface area (Å²) < 4.78 is 11.2. The number of rotatable bonds is 5. The summed E-state index contributed by atoms with van der Waals surface area (Å²) in [7, 11) is 0. The van der Waals surface area contributed by atoms with E-state index in [4.69, 9.17) is 9.26 Å². The van der Waals surface area contributed by atoms with Crippen molar-refractivity contribution in [2.24, 2.45) is 5.92 Å². The number of hydrogen-bond acceptors (Lipinski definition) is 5. The van der Waals surface area contributed by atoms with Crippen molar-refractivity contribution >= 4 is 0 Å². The fraction of sp³-hybridized carbons (Fsp3) is 0.733. The smallest absolute Gasteiger partial charge is 0.255 e. The first-order valence-corrected chi connectivity index (χ1v) is 7.62. The Labute approximate surface area is 119 Å². The first kappa shape index (κ1) is 13.8. The van der Waals surface area contributed by atoms with E-state index in [1.807, 2.05) is 6.92 Å². The summed E-state index contributed by atoms with van der Waals surface area (Å²) in [6, 6.07) is 0. The molecule has 20 heavy (non-hydrogen) atoms. The number of nitrogens with zero attached hydrogens (tertiary/aromatic N) is 2. The van der Waals surface area contributed by atoms with Gasteiger partial charge in [-0.1, -0.05) is 17.3 Å². The molecule has 0 saturated carbocycles. The van der Waals surface area contributed by atoms with Gasteiger partial charge in [0, 0.05) is 6.54 Å². The average molecular weight is 277 g/mol. The second-order valence-electron chi connectivity index (χ2n) is 5.81. The maximum Gasteiger partial charge on any atom is 0.255 e. The number of ether oxygens (including phenoxy) is 1. The van der Waals surface area contributed by atoms with E-state index in [2.05, 4.69) is 27.6 Å². The maximum atomic E-state index is 5.98. The molecule has 1 unspecified atom stereocenters. The first-order chi connectivity index (χ1) is 9.81. The molecule has 1 aliphatic carbocycles. The van der Waals surface area contributed by atoms with Gasteiger partial charge in [-0.3, -0.25) is 0 Å². The minimum absolute atomic E-state index is 0.0133. The predicted octanol–water partition coefficient (Wildman–Crippen LogP) is 2.54. The highest BCUT2D eigenvalue weighted by Crippen LogP contribution is 2.31. The van der Waals surface area contributed by atoms with E-state index >= 15 is 0 Å². The summed E-state index contributed by atoms with van der Waals surface area (Å²) in [6.45, 7) is 3.85. The summed E-state index contributed by atoms with van der Waals surface area (Å²) in [6.07, 6.45) is 10.6. The molecule has 0 aromatic carbocycles. The normalized spacial score (nSPS) is 29.9. The van der Waals surface area contributed by atoms with Crippen LogP contribution in [0.5, 0.6) is 0 Å². The SMILES string of the molecule is Cc1noc([C@@H]2CC[C@H](CNCC3CC=CCC3)O2)n1. The molecule has 0 radical (unpaired) electrons. The fourth-order valence-electron chi connectivity index (χ4n) is 2.97. The summed E-state index contributed by atoms with van der Waals surface area (Å²) in [5.74, 6) is 2.09. The predicted molar refractivity (Wildman–Crippen MR) is 75.2 cm³/mol. The summed E-state index contributed by atoms with van der Waals surface area (Å²) in [5.41, 5.74) is 0. The van der Waals surface area contributed by atoms with Crippen LogP contribution in [-0.4, -0.2) is 29.3 Å². The third kappa shape index (κ3) is 3.46. The van der Waals surface area contributed by atoms with Gasteiger partial charge in [-0.15, -0.1) is 0 Å². The molecule has 2 aliphatic rings. The standard InChI is InChI=1S/C15H23N3O2/c1-11-17-15(20-18-11)14-8-7-13(19-14)10-16-9-12-5-3-2-4-6-12/h2-3,12-14,16H,4-10H2,1H3/t12?,13-,14+/m1/s1. The second-order valence-corrected chi connectivity index (χ2v) is 5.81. The van der Waals surface area contributed by atoms with E-state index in [9.17, 15) is 0 Å². The Morgan fingerprint density at radius 2 is 2.20 bits per heavy atom. The van der Waals surface area contributed by atoms with Crippen LogP contribution < -0.4 is 5.32 Å². The van der Waals surface area contributed by atoms with Crippen LogP contribution in [0.2, 0.25) is 0 Å². The largest absolute Gasteiger partial charge is 0.364 e. The van der Waals surface area contributed by atoms with Crippen molar-refractivity contribution in [3.8, 4) is 0 Å². The number of aromatic nitrogens is 2. The zero-order valence-corrected chi connectivity index (χ0v) is 12.0. The lowest BCUT2D eigenvalue weighted by Gasteiger charge is -2.19. The molecule has 1 N–H and O–H groups in total. The Morgan fingerprint density at radius 3 is 2.95 bits per heavy atom. The van der Waals surface area contributed by atoms with E-state index in [0.29, 0.717) is 11.7 Å². The Bertz CT molecular complexity index is 458. The van der Waals surface area contributed by atoms with Crippen LogP contribution in [0.4, 0.5) is 0 Å². The lowest BCUT2D eigenvalue weighted by Crippen LogP contribution is -2.31. The zero-order chi connectivity index (χ0) is 13.8. The van der Waals surface area contributed by atoms with Gasteiger partial charge in [-0.2, -0.15) is 4.98 Å². The highest BCUT2D eigenvalue weighted by molar-refractivity contribution is 4.93. The topological polar surface area (TPSA) is 60.2 Å². The van der Waals surface area contributed by atoms with E-state index in [-0.39, 0.29) is 12.2 Å². The minimum Gasteiger partial charge on any atom is -0.364 e. The summed E-state index contributed by atoms with van der Waals surface area (Å²) in [5, 5.41) is 7.37. The lowest BCUT2D eigenvalue weighted by molar-refractivity contribution is 0.0261. The Balaban J connectivity index is 1.38. The van der Waals surface area contributed by atoms with Gasteiger partial charge >= 0.3 is 0 Å². The number of hydrogen-bond donors (Lipinski definition) is 1. The van der Waals surface area contributed by atoms with E-state index in [1.165, 1.54) is 19.3 Å². The molecular formula is C15H23N3O2. The van der Waals surface area contributed by atoms with E-state index < -0.39 is 0 Å². The Hall–Kier alpha value is -1.20. The third-order valence-electron chi connectivity index (χ3n) is 4.11. The molecule has 1 aromatic heterocycles. The first-order valence-electron chi connectivity index (χ1n) is 7.62. The van der Waals surface area contributed by atoms with Crippen LogP contribution >= 0.6 is 0 Å². The molecule has 1 aromatic rings. The fourth-order valence-corrected chi connectivity index (χ4v) is 2.97. The molecule has 0 spiro atoms. The number of allylic oxidation sites excluding steroid dienone is 2. The van der Waals surface area contributed by atoms with Gasteiger partial charge in [0.1, 0.15) is 6.10 Å².